The topological polar surface area (TPSA) is 32.3 Å². The van der Waals surface area contributed by atoms with E-state index in [1.807, 2.05) is 13.8 Å². The Morgan fingerprint density at radius 1 is 1.64 bits per heavy atom. The number of rotatable bonds is 0. The van der Waals surface area contributed by atoms with Crippen LogP contribution in [-0.2, 0) is 0 Å². The third-order valence-electron chi connectivity index (χ3n) is 2.46. The van der Waals surface area contributed by atoms with Crippen molar-refractivity contribution >= 4 is 0 Å². The van der Waals surface area contributed by atoms with Crippen LogP contribution in [0.15, 0.2) is 0 Å². The fourth-order valence-corrected chi connectivity index (χ4v) is 1.49. The van der Waals surface area contributed by atoms with E-state index in [4.69, 9.17) is 6.42 Å². The summed E-state index contributed by atoms with van der Waals surface area (Å²) in [5, 5.41) is 13.1. The summed E-state index contributed by atoms with van der Waals surface area (Å²) in [6.45, 7) is 4.81. The molecule has 0 spiro atoms. The van der Waals surface area contributed by atoms with E-state index in [0.717, 1.165) is 6.54 Å². The van der Waals surface area contributed by atoms with Gasteiger partial charge < -0.3 is 10.4 Å². The summed E-state index contributed by atoms with van der Waals surface area (Å²) in [6.07, 6.45) is 5.92. The molecule has 2 nitrogen and oxygen atoms in total. The number of hydrogen-bond donors (Lipinski definition) is 2. The van der Waals surface area contributed by atoms with E-state index in [1.165, 1.54) is 0 Å². The Morgan fingerprint density at radius 2 is 2.27 bits per heavy atom. The molecule has 0 aromatic heterocycles. The van der Waals surface area contributed by atoms with Crippen molar-refractivity contribution in [2.45, 2.75) is 31.9 Å². The van der Waals surface area contributed by atoms with Gasteiger partial charge in [-0.25, -0.2) is 0 Å². The Morgan fingerprint density at radius 3 is 2.73 bits per heavy atom. The van der Waals surface area contributed by atoms with Crippen LogP contribution in [0.1, 0.15) is 20.3 Å². The molecule has 1 aliphatic rings. The van der Waals surface area contributed by atoms with Gasteiger partial charge in [0.05, 0.1) is 0 Å². The predicted octanol–water partition coefficient (Wildman–Crippen LogP) is 0.369. The van der Waals surface area contributed by atoms with Crippen LogP contribution in [0.3, 0.4) is 0 Å². The van der Waals surface area contributed by atoms with Crippen LogP contribution >= 0.6 is 0 Å². The highest BCUT2D eigenvalue weighted by Crippen LogP contribution is 2.25. The molecular formula is C9H15NO. The molecule has 2 heteroatoms. The summed E-state index contributed by atoms with van der Waals surface area (Å²) in [5.41, 5.74) is -0.884. The lowest BCUT2D eigenvalue weighted by molar-refractivity contribution is 0.00776. The number of nitrogens with one attached hydrogen (secondary N) is 1. The maximum atomic E-state index is 9.84. The molecule has 1 rings (SSSR count). The van der Waals surface area contributed by atoms with Crippen LogP contribution < -0.4 is 5.32 Å². The summed E-state index contributed by atoms with van der Waals surface area (Å²) in [4.78, 5) is 0. The molecule has 0 radical (unpaired) electrons. The third-order valence-corrected chi connectivity index (χ3v) is 2.46. The molecule has 0 saturated carbocycles. The van der Waals surface area contributed by atoms with Gasteiger partial charge in [-0.3, -0.25) is 0 Å². The quantitative estimate of drug-likeness (QED) is 0.493. The highest BCUT2D eigenvalue weighted by atomic mass is 16.3. The van der Waals surface area contributed by atoms with E-state index < -0.39 is 5.60 Å². The normalized spacial score (nSPS) is 44.9. The van der Waals surface area contributed by atoms with Gasteiger partial charge in [0.25, 0.3) is 0 Å². The van der Waals surface area contributed by atoms with E-state index in [-0.39, 0.29) is 5.92 Å². The van der Waals surface area contributed by atoms with Gasteiger partial charge in [-0.1, -0.05) is 12.8 Å². The van der Waals surface area contributed by atoms with Crippen LogP contribution in [0.4, 0.5) is 0 Å². The molecule has 11 heavy (non-hydrogen) atoms. The first kappa shape index (κ1) is 8.58. The number of terminal acetylenes is 1. The molecule has 3 atom stereocenters. The minimum atomic E-state index is -0.884. The second-order valence-electron chi connectivity index (χ2n) is 3.48. The van der Waals surface area contributed by atoms with E-state index in [2.05, 4.69) is 11.2 Å². The molecule has 1 aliphatic heterocycles. The predicted molar refractivity (Wildman–Crippen MR) is 45.0 cm³/mol. The van der Waals surface area contributed by atoms with Gasteiger partial charge >= 0.3 is 0 Å². The number of aliphatic hydroxyl groups is 1. The van der Waals surface area contributed by atoms with Crippen molar-refractivity contribution in [2.24, 2.45) is 5.92 Å². The SMILES string of the molecule is C#C[C@@]1(O)C[C@H](C)NC[C@H]1C. The standard InChI is InChI=1S/C9H15NO/c1-4-9(11)5-8(3)10-6-7(9)2/h1,7-8,10-11H,5-6H2,2-3H3/t7-,8+,9-/m1/s1. The van der Waals surface area contributed by atoms with E-state index in [9.17, 15) is 5.11 Å². The molecule has 0 aliphatic carbocycles. The molecular weight excluding hydrogens is 138 g/mol. The molecule has 62 valence electrons. The van der Waals surface area contributed by atoms with Crippen LogP contribution in [-0.4, -0.2) is 23.3 Å². The average molecular weight is 153 g/mol. The van der Waals surface area contributed by atoms with Gasteiger partial charge in [-0.15, -0.1) is 6.42 Å². The lowest BCUT2D eigenvalue weighted by Gasteiger charge is -2.37. The fourth-order valence-electron chi connectivity index (χ4n) is 1.49. The smallest absolute Gasteiger partial charge is 0.130 e. The Labute approximate surface area is 68.0 Å². The van der Waals surface area contributed by atoms with Gasteiger partial charge in [0, 0.05) is 24.9 Å². The van der Waals surface area contributed by atoms with Gasteiger partial charge in [0.2, 0.25) is 0 Å². The number of piperidine rings is 1. The molecule has 0 aromatic rings. The second-order valence-corrected chi connectivity index (χ2v) is 3.48. The Bertz CT molecular complexity index is 184. The average Bonchev–Trinajstić information content (AvgIpc) is 1.98. The van der Waals surface area contributed by atoms with E-state index in [0.29, 0.717) is 12.5 Å². The summed E-state index contributed by atoms with van der Waals surface area (Å²) in [6, 6.07) is 0.326. The molecule has 1 saturated heterocycles. The molecule has 0 amide bonds. The Balaban J connectivity index is 2.70. The van der Waals surface area contributed by atoms with E-state index >= 15 is 0 Å². The summed E-state index contributed by atoms with van der Waals surface area (Å²) in [5.74, 6) is 2.63. The van der Waals surface area contributed by atoms with Crippen LogP contribution in [0.25, 0.3) is 0 Å². The molecule has 1 heterocycles. The van der Waals surface area contributed by atoms with Crippen molar-refractivity contribution in [1.82, 2.24) is 5.32 Å². The zero-order chi connectivity index (χ0) is 8.48. The maximum absolute atomic E-state index is 9.84. The zero-order valence-corrected chi connectivity index (χ0v) is 7.09. The zero-order valence-electron chi connectivity index (χ0n) is 7.09. The molecule has 2 N–H and O–H groups in total. The van der Waals surface area contributed by atoms with Crippen molar-refractivity contribution in [2.75, 3.05) is 6.54 Å². The van der Waals surface area contributed by atoms with Crippen LogP contribution in [0.2, 0.25) is 0 Å². The van der Waals surface area contributed by atoms with Crippen LogP contribution in [0.5, 0.6) is 0 Å². The highest BCUT2D eigenvalue weighted by Gasteiger charge is 2.36. The minimum absolute atomic E-state index is 0.156. The molecule has 0 bridgehead atoms. The monoisotopic (exact) mass is 153 g/mol. The van der Waals surface area contributed by atoms with Crippen molar-refractivity contribution in [3.8, 4) is 12.3 Å². The third kappa shape index (κ3) is 1.55. The molecule has 0 aromatic carbocycles. The lowest BCUT2D eigenvalue weighted by Crippen LogP contribution is -2.52. The Hall–Kier alpha value is -0.520. The van der Waals surface area contributed by atoms with Crippen molar-refractivity contribution in [1.29, 1.82) is 0 Å². The van der Waals surface area contributed by atoms with Gasteiger partial charge in [-0.2, -0.15) is 0 Å². The van der Waals surface area contributed by atoms with Gasteiger partial charge in [0.15, 0.2) is 0 Å². The lowest BCUT2D eigenvalue weighted by atomic mass is 9.81. The highest BCUT2D eigenvalue weighted by molar-refractivity contribution is 5.13. The van der Waals surface area contributed by atoms with Crippen molar-refractivity contribution in [3.05, 3.63) is 0 Å². The Kier molecular flexibility index (Phi) is 2.22. The first-order chi connectivity index (χ1) is 5.08. The largest absolute Gasteiger partial charge is 0.377 e. The minimum Gasteiger partial charge on any atom is -0.377 e. The number of hydrogen-bond acceptors (Lipinski definition) is 2. The van der Waals surface area contributed by atoms with Crippen molar-refractivity contribution in [3.63, 3.8) is 0 Å². The summed E-state index contributed by atoms with van der Waals surface area (Å²) in [7, 11) is 0. The summed E-state index contributed by atoms with van der Waals surface area (Å²) >= 11 is 0. The molecule has 1 fully saturated rings. The van der Waals surface area contributed by atoms with Gasteiger partial charge in [-0.05, 0) is 6.92 Å². The summed E-state index contributed by atoms with van der Waals surface area (Å²) < 4.78 is 0. The maximum Gasteiger partial charge on any atom is 0.130 e. The fraction of sp³-hybridized carbons (Fsp3) is 0.778. The van der Waals surface area contributed by atoms with Gasteiger partial charge in [0.1, 0.15) is 5.60 Å². The van der Waals surface area contributed by atoms with Crippen LogP contribution in [0, 0.1) is 18.3 Å². The second kappa shape index (κ2) is 2.84. The molecule has 0 unspecified atom stereocenters. The first-order valence-corrected chi connectivity index (χ1v) is 4.02. The van der Waals surface area contributed by atoms with Crippen molar-refractivity contribution < 1.29 is 5.11 Å². The van der Waals surface area contributed by atoms with E-state index in [1.54, 1.807) is 0 Å². The first-order valence-electron chi connectivity index (χ1n) is 4.02.